The lowest BCUT2D eigenvalue weighted by molar-refractivity contribution is -0.141. The first-order valence-corrected chi connectivity index (χ1v) is 14.4. The number of ether oxygens (including phenoxy) is 1. The van der Waals surface area contributed by atoms with Gasteiger partial charge in [-0.15, -0.1) is 11.8 Å². The van der Waals surface area contributed by atoms with Gasteiger partial charge in [0.25, 0.3) is 0 Å². The van der Waals surface area contributed by atoms with Crippen LogP contribution in [0.15, 0.2) is 77.0 Å². The summed E-state index contributed by atoms with van der Waals surface area (Å²) < 4.78 is 4.95. The smallest absolute Gasteiger partial charge is 0.352 e. The van der Waals surface area contributed by atoms with Gasteiger partial charge in [0.15, 0.2) is 0 Å². The van der Waals surface area contributed by atoms with Crippen LogP contribution in [0.2, 0.25) is 0 Å². The van der Waals surface area contributed by atoms with Crippen LogP contribution >= 0.6 is 11.8 Å². The third kappa shape index (κ3) is 10.3. The zero-order chi connectivity index (χ0) is 31.2. The maximum atomic E-state index is 12.7. The summed E-state index contributed by atoms with van der Waals surface area (Å²) in [5.41, 5.74) is 2.40. The minimum atomic E-state index is -1.32. The number of thioether (sulfide) groups is 1. The molecule has 3 heterocycles. The van der Waals surface area contributed by atoms with Crippen LogP contribution in [0.3, 0.4) is 0 Å². The molecule has 2 unspecified atom stereocenters. The van der Waals surface area contributed by atoms with E-state index in [9.17, 15) is 24.3 Å². The third-order valence-electron chi connectivity index (χ3n) is 6.22. The van der Waals surface area contributed by atoms with E-state index in [-0.39, 0.29) is 30.5 Å². The summed E-state index contributed by atoms with van der Waals surface area (Å²) in [6.45, 7) is 7.73. The number of rotatable bonds is 16. The summed E-state index contributed by atoms with van der Waals surface area (Å²) in [7, 11) is 0. The van der Waals surface area contributed by atoms with Crippen LogP contribution in [-0.2, 0) is 37.0 Å². The molecule has 0 fully saturated rings. The predicted octanol–water partition coefficient (Wildman–Crippen LogP) is 1.55. The van der Waals surface area contributed by atoms with Gasteiger partial charge in [-0.2, -0.15) is 0 Å². The molecule has 0 radical (unpaired) electrons. The van der Waals surface area contributed by atoms with Crippen molar-refractivity contribution in [1.82, 2.24) is 30.4 Å². The Morgan fingerprint density at radius 2 is 1.86 bits per heavy atom. The van der Waals surface area contributed by atoms with Crippen molar-refractivity contribution in [1.29, 1.82) is 0 Å². The number of carboxylic acids is 1. The zero-order valence-corrected chi connectivity index (χ0v) is 24.8. The molecule has 14 heteroatoms. The number of carbonyl (C=O) groups is 4. The normalized spacial score (nSPS) is 15.9. The number of pyridine rings is 2. The molecule has 2 aromatic rings. The van der Waals surface area contributed by atoms with E-state index < -0.39 is 23.4 Å². The number of nitrogens with one attached hydrogen (secondary N) is 2. The average Bonchev–Trinajstić information content (AvgIpc) is 2.99. The fourth-order valence-corrected chi connectivity index (χ4v) is 5.58. The van der Waals surface area contributed by atoms with Crippen molar-refractivity contribution in [3.63, 3.8) is 0 Å². The Labute approximate surface area is 254 Å². The van der Waals surface area contributed by atoms with Gasteiger partial charge in [-0.25, -0.2) is 4.79 Å². The van der Waals surface area contributed by atoms with E-state index in [2.05, 4.69) is 37.2 Å². The van der Waals surface area contributed by atoms with Crippen molar-refractivity contribution in [3.8, 4) is 0 Å². The number of aliphatic carboxylic acids is 1. The van der Waals surface area contributed by atoms with Gasteiger partial charge in [-0.3, -0.25) is 39.1 Å². The summed E-state index contributed by atoms with van der Waals surface area (Å²) in [6.07, 6.45) is 5.49. The van der Waals surface area contributed by atoms with Crippen molar-refractivity contribution >= 4 is 42.7 Å². The fraction of sp³-hybridized carbons (Fsp3) is 0.345. The molecule has 0 bridgehead atoms. The Morgan fingerprint density at radius 3 is 2.37 bits per heavy atom. The SMILES string of the molecule is C=N/C(=C\NCC(=O)NC(C)C1SCC(COC(C)=O)=C(C(=O)O)N1C=O)CN(Cc1ccccn1)Cc1ccccn1. The zero-order valence-electron chi connectivity index (χ0n) is 24.0. The molecular formula is C29H35N7O6S. The van der Waals surface area contributed by atoms with Crippen LogP contribution in [0.1, 0.15) is 25.2 Å². The molecule has 2 amide bonds. The average molecular weight is 610 g/mol. The van der Waals surface area contributed by atoms with E-state index in [1.54, 1.807) is 25.5 Å². The molecular weight excluding hydrogens is 574 g/mol. The maximum Gasteiger partial charge on any atom is 0.352 e. The number of amides is 2. The number of carboxylic acid groups (broad SMARTS) is 1. The highest BCUT2D eigenvalue weighted by molar-refractivity contribution is 8.00. The first-order valence-electron chi connectivity index (χ1n) is 13.4. The first kappa shape index (κ1) is 32.9. The Hall–Kier alpha value is -4.56. The maximum absolute atomic E-state index is 12.7. The van der Waals surface area contributed by atoms with Crippen LogP contribution < -0.4 is 10.6 Å². The molecule has 0 spiro atoms. The fourth-order valence-electron chi connectivity index (χ4n) is 4.32. The molecule has 13 nitrogen and oxygen atoms in total. The van der Waals surface area contributed by atoms with E-state index in [4.69, 9.17) is 4.74 Å². The standard InChI is InChI=1S/C29H35N7O6S/c1-20(28-36(19-37)27(29(40)41)22(18-43-28)17-42-21(2)38)34-26(39)13-31-12-25(30-3)16-35(14-23-8-4-6-10-32-23)15-24-9-5-7-11-33-24/h4-12,19-20,28,31H,3,13-18H2,1-2H3,(H,34,39)(H,40,41)/b25-12-. The van der Waals surface area contributed by atoms with E-state index in [0.29, 0.717) is 37.3 Å². The highest BCUT2D eigenvalue weighted by Gasteiger charge is 2.36. The van der Waals surface area contributed by atoms with Crippen molar-refractivity contribution in [2.75, 3.05) is 25.4 Å². The molecule has 2 aromatic heterocycles. The van der Waals surface area contributed by atoms with Crippen molar-refractivity contribution in [2.45, 2.75) is 38.4 Å². The summed E-state index contributed by atoms with van der Waals surface area (Å²) >= 11 is 1.26. The van der Waals surface area contributed by atoms with Crippen LogP contribution in [-0.4, -0.2) is 92.7 Å². The Kier molecular flexibility index (Phi) is 12.9. The molecule has 3 rings (SSSR count). The van der Waals surface area contributed by atoms with E-state index >= 15 is 0 Å². The van der Waals surface area contributed by atoms with E-state index in [1.807, 2.05) is 36.4 Å². The number of aliphatic imine (C=N–C) groups is 1. The van der Waals surface area contributed by atoms with E-state index in [1.165, 1.54) is 18.7 Å². The topological polar surface area (TPSA) is 166 Å². The third-order valence-corrected chi connectivity index (χ3v) is 7.71. The van der Waals surface area contributed by atoms with Gasteiger partial charge in [0.05, 0.1) is 29.7 Å². The van der Waals surface area contributed by atoms with Crippen LogP contribution in [0.25, 0.3) is 0 Å². The first-order chi connectivity index (χ1) is 20.7. The number of carbonyl (C=O) groups excluding carboxylic acids is 3. The molecule has 0 saturated heterocycles. The van der Waals surface area contributed by atoms with Gasteiger partial charge in [0, 0.05) is 56.5 Å². The molecule has 1 aliphatic heterocycles. The molecule has 1 aliphatic rings. The monoisotopic (exact) mass is 609 g/mol. The molecule has 0 aliphatic carbocycles. The number of hydrogen-bond donors (Lipinski definition) is 3. The van der Waals surface area contributed by atoms with Gasteiger partial charge in [0.1, 0.15) is 17.7 Å². The van der Waals surface area contributed by atoms with Crippen molar-refractivity contribution < 1.29 is 29.0 Å². The number of hydrogen-bond acceptors (Lipinski definition) is 11. The molecule has 43 heavy (non-hydrogen) atoms. The summed E-state index contributed by atoms with van der Waals surface area (Å²) in [5, 5.41) is 14.8. The van der Waals surface area contributed by atoms with Crippen LogP contribution in [0, 0.1) is 0 Å². The Bertz CT molecular complexity index is 1300. The lowest BCUT2D eigenvalue weighted by Crippen LogP contribution is -2.52. The van der Waals surface area contributed by atoms with Crippen LogP contribution in [0.5, 0.6) is 0 Å². The second-order valence-corrected chi connectivity index (χ2v) is 10.7. The summed E-state index contributed by atoms with van der Waals surface area (Å²) in [4.78, 5) is 63.9. The Balaban J connectivity index is 1.60. The van der Waals surface area contributed by atoms with Gasteiger partial charge in [0.2, 0.25) is 12.3 Å². The van der Waals surface area contributed by atoms with Crippen molar-refractivity contribution in [3.05, 3.63) is 83.3 Å². The second-order valence-electron chi connectivity index (χ2n) is 9.57. The number of nitrogens with zero attached hydrogens (tertiary/aromatic N) is 5. The predicted molar refractivity (Wildman–Crippen MR) is 161 cm³/mol. The molecule has 0 aromatic carbocycles. The molecule has 3 N–H and O–H groups in total. The minimum Gasteiger partial charge on any atom is -0.477 e. The Morgan fingerprint density at radius 1 is 1.21 bits per heavy atom. The largest absolute Gasteiger partial charge is 0.477 e. The van der Waals surface area contributed by atoms with Gasteiger partial charge < -0.3 is 20.5 Å². The summed E-state index contributed by atoms with van der Waals surface area (Å²) in [6, 6.07) is 10.8. The lowest BCUT2D eigenvalue weighted by Gasteiger charge is -2.37. The number of aromatic nitrogens is 2. The van der Waals surface area contributed by atoms with Crippen LogP contribution in [0.4, 0.5) is 0 Å². The highest BCUT2D eigenvalue weighted by Crippen LogP contribution is 2.32. The number of esters is 1. The van der Waals surface area contributed by atoms with Crippen molar-refractivity contribution in [2.24, 2.45) is 4.99 Å². The second kappa shape index (κ2) is 16.8. The highest BCUT2D eigenvalue weighted by atomic mass is 32.2. The minimum absolute atomic E-state index is 0.0956. The van der Waals surface area contributed by atoms with E-state index in [0.717, 1.165) is 16.3 Å². The quantitative estimate of drug-likeness (QED) is 0.144. The van der Waals surface area contributed by atoms with Gasteiger partial charge in [-0.1, -0.05) is 12.1 Å². The lowest BCUT2D eigenvalue weighted by atomic mass is 10.2. The molecule has 228 valence electrons. The van der Waals surface area contributed by atoms with Gasteiger partial charge >= 0.3 is 11.9 Å². The molecule has 2 atom stereocenters. The van der Waals surface area contributed by atoms with Gasteiger partial charge in [-0.05, 0) is 37.9 Å². The summed E-state index contributed by atoms with van der Waals surface area (Å²) in [5.74, 6) is -2.04. The molecule has 0 saturated carbocycles.